The average Bonchev–Trinajstić information content (AvgIpc) is 2.88. The maximum absolute atomic E-state index is 12.1. The standard InChI is InChI=1S/C14H13NO2S2/c1-10(2)19(16,17)14-8-7-13(18-14)12-6-4-3-5-11(12)9-15/h3-8,10H,1-2H3. The zero-order valence-corrected chi connectivity index (χ0v) is 12.3. The number of rotatable bonds is 3. The van der Waals surface area contributed by atoms with Crippen LogP contribution in [-0.4, -0.2) is 13.7 Å². The van der Waals surface area contributed by atoms with Crippen LogP contribution in [0, 0.1) is 11.3 Å². The molecule has 0 bridgehead atoms. The quantitative estimate of drug-likeness (QED) is 0.870. The molecule has 0 saturated heterocycles. The molecule has 1 aromatic carbocycles. The summed E-state index contributed by atoms with van der Waals surface area (Å²) in [5, 5.41) is 8.63. The summed E-state index contributed by atoms with van der Waals surface area (Å²) >= 11 is 1.21. The molecule has 0 aliphatic rings. The topological polar surface area (TPSA) is 57.9 Å². The minimum absolute atomic E-state index is 0.352. The van der Waals surface area contributed by atoms with Gasteiger partial charge in [-0.15, -0.1) is 11.3 Å². The number of nitrogens with zero attached hydrogens (tertiary/aromatic N) is 1. The first kappa shape index (κ1) is 13.8. The summed E-state index contributed by atoms with van der Waals surface area (Å²) in [5.41, 5.74) is 1.33. The van der Waals surface area contributed by atoms with Crippen molar-refractivity contribution in [2.45, 2.75) is 23.3 Å². The molecule has 0 amide bonds. The van der Waals surface area contributed by atoms with Crippen LogP contribution in [0.25, 0.3) is 10.4 Å². The Labute approximate surface area is 117 Å². The Bertz CT molecular complexity index is 737. The van der Waals surface area contributed by atoms with E-state index < -0.39 is 15.1 Å². The molecule has 1 aromatic heterocycles. The van der Waals surface area contributed by atoms with E-state index in [2.05, 4.69) is 6.07 Å². The monoisotopic (exact) mass is 291 g/mol. The molecule has 0 saturated carbocycles. The molecule has 0 aliphatic heterocycles. The molecule has 0 atom stereocenters. The van der Waals surface area contributed by atoms with Crippen molar-refractivity contribution in [3.05, 3.63) is 42.0 Å². The average molecular weight is 291 g/mol. The van der Waals surface area contributed by atoms with E-state index in [1.54, 1.807) is 38.1 Å². The molecule has 0 spiro atoms. The molecule has 0 unspecified atom stereocenters. The van der Waals surface area contributed by atoms with Gasteiger partial charge >= 0.3 is 0 Å². The van der Waals surface area contributed by atoms with Crippen LogP contribution in [0.2, 0.25) is 0 Å². The van der Waals surface area contributed by atoms with Crippen LogP contribution in [0.1, 0.15) is 19.4 Å². The second kappa shape index (κ2) is 5.16. The van der Waals surface area contributed by atoms with Gasteiger partial charge in [-0.3, -0.25) is 0 Å². The van der Waals surface area contributed by atoms with Gasteiger partial charge in [0.25, 0.3) is 0 Å². The number of nitriles is 1. The van der Waals surface area contributed by atoms with Crippen molar-refractivity contribution in [2.75, 3.05) is 0 Å². The van der Waals surface area contributed by atoms with Crippen molar-refractivity contribution in [3.8, 4) is 16.5 Å². The predicted octanol–water partition coefficient (Wildman–Crippen LogP) is 3.47. The first-order valence-electron chi connectivity index (χ1n) is 5.80. The second-order valence-electron chi connectivity index (χ2n) is 4.37. The maximum atomic E-state index is 12.1. The number of thiophene rings is 1. The van der Waals surface area contributed by atoms with E-state index in [9.17, 15) is 8.42 Å². The molecule has 0 aliphatic carbocycles. The van der Waals surface area contributed by atoms with E-state index in [-0.39, 0.29) is 0 Å². The van der Waals surface area contributed by atoms with Gasteiger partial charge < -0.3 is 0 Å². The Hall–Kier alpha value is -1.64. The molecule has 1 heterocycles. The van der Waals surface area contributed by atoms with E-state index >= 15 is 0 Å². The number of sulfone groups is 1. The van der Waals surface area contributed by atoms with Crippen molar-refractivity contribution in [1.82, 2.24) is 0 Å². The highest BCUT2D eigenvalue weighted by Crippen LogP contribution is 2.33. The van der Waals surface area contributed by atoms with Crippen molar-refractivity contribution < 1.29 is 8.42 Å². The lowest BCUT2D eigenvalue weighted by atomic mass is 10.1. The van der Waals surface area contributed by atoms with E-state index in [0.29, 0.717) is 9.77 Å². The molecule has 0 fully saturated rings. The number of hydrogen-bond acceptors (Lipinski definition) is 4. The lowest BCUT2D eigenvalue weighted by Gasteiger charge is -2.04. The van der Waals surface area contributed by atoms with Crippen molar-refractivity contribution in [3.63, 3.8) is 0 Å². The van der Waals surface area contributed by atoms with Crippen molar-refractivity contribution in [2.24, 2.45) is 0 Å². The minimum Gasteiger partial charge on any atom is -0.223 e. The third kappa shape index (κ3) is 2.55. The fraction of sp³-hybridized carbons (Fsp3) is 0.214. The van der Waals surface area contributed by atoms with Gasteiger partial charge in [-0.2, -0.15) is 5.26 Å². The first-order valence-corrected chi connectivity index (χ1v) is 8.16. The van der Waals surface area contributed by atoms with E-state index in [1.807, 2.05) is 12.1 Å². The molecule has 2 aromatic rings. The summed E-state index contributed by atoms with van der Waals surface area (Å²) in [5.74, 6) is 0. The third-order valence-corrected chi connectivity index (χ3v) is 6.59. The lowest BCUT2D eigenvalue weighted by molar-refractivity contribution is 0.589. The molecular weight excluding hydrogens is 278 g/mol. The number of hydrogen-bond donors (Lipinski definition) is 0. The highest BCUT2D eigenvalue weighted by molar-refractivity contribution is 7.94. The molecule has 0 radical (unpaired) electrons. The minimum atomic E-state index is -3.25. The summed E-state index contributed by atoms with van der Waals surface area (Å²) in [7, 11) is -3.25. The van der Waals surface area contributed by atoms with Gasteiger partial charge in [0, 0.05) is 10.4 Å². The number of benzene rings is 1. The van der Waals surface area contributed by atoms with Crippen LogP contribution >= 0.6 is 11.3 Å². The van der Waals surface area contributed by atoms with Crippen LogP contribution < -0.4 is 0 Å². The predicted molar refractivity (Wildman–Crippen MR) is 76.8 cm³/mol. The highest BCUT2D eigenvalue weighted by atomic mass is 32.2. The van der Waals surface area contributed by atoms with Crippen LogP contribution in [0.15, 0.2) is 40.6 Å². The summed E-state index contributed by atoms with van der Waals surface area (Å²) in [6.45, 7) is 3.33. The van der Waals surface area contributed by atoms with Crippen LogP contribution in [0.5, 0.6) is 0 Å². The summed E-state index contributed by atoms with van der Waals surface area (Å²) in [6, 6.07) is 12.7. The molecular formula is C14H13NO2S2. The Kier molecular flexibility index (Phi) is 3.74. The Morgan fingerprint density at radius 2 is 1.84 bits per heavy atom. The van der Waals surface area contributed by atoms with Gasteiger partial charge in [0.05, 0.1) is 16.9 Å². The zero-order chi connectivity index (χ0) is 14.0. The highest BCUT2D eigenvalue weighted by Gasteiger charge is 2.21. The molecule has 2 rings (SSSR count). The van der Waals surface area contributed by atoms with E-state index in [1.165, 1.54) is 11.3 Å². The molecule has 98 valence electrons. The molecule has 3 nitrogen and oxygen atoms in total. The SMILES string of the molecule is CC(C)S(=O)(=O)c1ccc(-c2ccccc2C#N)s1. The molecule has 0 N–H and O–H groups in total. The normalized spacial score (nSPS) is 11.5. The van der Waals surface area contributed by atoms with Crippen LogP contribution in [0.3, 0.4) is 0 Å². The van der Waals surface area contributed by atoms with Gasteiger partial charge in [-0.1, -0.05) is 18.2 Å². The Morgan fingerprint density at radius 3 is 2.47 bits per heavy atom. The smallest absolute Gasteiger partial charge is 0.190 e. The first-order chi connectivity index (χ1) is 8.96. The second-order valence-corrected chi connectivity index (χ2v) is 8.18. The van der Waals surface area contributed by atoms with Crippen LogP contribution in [0.4, 0.5) is 0 Å². The molecule has 19 heavy (non-hydrogen) atoms. The zero-order valence-electron chi connectivity index (χ0n) is 10.6. The van der Waals surface area contributed by atoms with E-state index in [4.69, 9.17) is 5.26 Å². The molecule has 5 heteroatoms. The van der Waals surface area contributed by atoms with Crippen molar-refractivity contribution in [1.29, 1.82) is 5.26 Å². The summed E-state index contributed by atoms with van der Waals surface area (Å²) in [6.07, 6.45) is 0. The fourth-order valence-electron chi connectivity index (χ4n) is 1.65. The van der Waals surface area contributed by atoms with Crippen LogP contribution in [-0.2, 0) is 9.84 Å². The van der Waals surface area contributed by atoms with Gasteiger partial charge in [0.2, 0.25) is 0 Å². The largest absolute Gasteiger partial charge is 0.223 e. The summed E-state index contributed by atoms with van der Waals surface area (Å²) in [4.78, 5) is 0.802. The lowest BCUT2D eigenvalue weighted by Crippen LogP contribution is -2.12. The third-order valence-electron chi connectivity index (χ3n) is 2.80. The Balaban J connectivity index is 2.51. The van der Waals surface area contributed by atoms with Crippen molar-refractivity contribution >= 4 is 21.2 Å². The Morgan fingerprint density at radius 1 is 1.16 bits per heavy atom. The van der Waals surface area contributed by atoms with Gasteiger partial charge in [-0.25, -0.2) is 8.42 Å². The maximum Gasteiger partial charge on any atom is 0.190 e. The van der Waals surface area contributed by atoms with Gasteiger partial charge in [0.15, 0.2) is 9.84 Å². The summed E-state index contributed by atoms with van der Waals surface area (Å²) < 4.78 is 24.5. The van der Waals surface area contributed by atoms with Gasteiger partial charge in [-0.05, 0) is 32.0 Å². The fourth-order valence-corrected chi connectivity index (χ4v) is 4.46. The van der Waals surface area contributed by atoms with E-state index in [0.717, 1.165) is 10.4 Å². The van der Waals surface area contributed by atoms with Gasteiger partial charge in [0.1, 0.15) is 4.21 Å².